The monoisotopic (exact) mass is 320 g/mol. The number of aromatic nitrogens is 2. The Morgan fingerprint density at radius 1 is 0.958 bits per heavy atom. The lowest BCUT2D eigenvalue weighted by molar-refractivity contribution is 0.419. The van der Waals surface area contributed by atoms with Crippen LogP contribution in [-0.2, 0) is 0 Å². The van der Waals surface area contributed by atoms with E-state index >= 15 is 0 Å². The molecule has 0 bridgehead atoms. The number of benzene rings is 2. The molecular formula is C19H20N4O. The highest BCUT2D eigenvalue weighted by Crippen LogP contribution is 2.34. The lowest BCUT2D eigenvalue weighted by Crippen LogP contribution is -2.44. The van der Waals surface area contributed by atoms with Crippen LogP contribution in [0, 0.1) is 0 Å². The van der Waals surface area contributed by atoms with Crippen molar-refractivity contribution in [2.45, 2.75) is 0 Å². The molecule has 0 spiro atoms. The Labute approximate surface area is 141 Å². The van der Waals surface area contributed by atoms with E-state index in [1.807, 2.05) is 36.4 Å². The SMILES string of the molecule is COc1cccc2nc(N3CCNCC3)nc(-c3ccccc3)c12. The van der Waals surface area contributed by atoms with Gasteiger partial charge in [-0.3, -0.25) is 0 Å². The van der Waals surface area contributed by atoms with Crippen LogP contribution in [0.2, 0.25) is 0 Å². The summed E-state index contributed by atoms with van der Waals surface area (Å²) < 4.78 is 5.57. The highest BCUT2D eigenvalue weighted by Gasteiger charge is 2.18. The quantitative estimate of drug-likeness (QED) is 0.804. The number of nitrogens with zero attached hydrogens (tertiary/aromatic N) is 3. The fourth-order valence-corrected chi connectivity index (χ4v) is 3.12. The molecule has 0 saturated carbocycles. The molecule has 1 saturated heterocycles. The summed E-state index contributed by atoms with van der Waals surface area (Å²) in [5.41, 5.74) is 2.91. The van der Waals surface area contributed by atoms with E-state index in [9.17, 15) is 0 Å². The fourth-order valence-electron chi connectivity index (χ4n) is 3.12. The third kappa shape index (κ3) is 2.67. The third-order valence-corrected chi connectivity index (χ3v) is 4.34. The summed E-state index contributed by atoms with van der Waals surface area (Å²) in [4.78, 5) is 11.9. The van der Waals surface area contributed by atoms with Crippen molar-refractivity contribution in [1.82, 2.24) is 15.3 Å². The molecule has 24 heavy (non-hydrogen) atoms. The molecule has 5 heteroatoms. The molecule has 0 atom stereocenters. The van der Waals surface area contributed by atoms with Gasteiger partial charge in [-0.25, -0.2) is 9.97 Å². The summed E-state index contributed by atoms with van der Waals surface area (Å²) in [6.45, 7) is 3.76. The fraction of sp³-hybridized carbons (Fsp3) is 0.263. The lowest BCUT2D eigenvalue weighted by Gasteiger charge is -2.28. The average molecular weight is 320 g/mol. The molecule has 122 valence electrons. The van der Waals surface area contributed by atoms with Gasteiger partial charge in [0, 0.05) is 31.7 Å². The molecular weight excluding hydrogens is 300 g/mol. The Kier molecular flexibility index (Phi) is 4.01. The van der Waals surface area contributed by atoms with Crippen molar-refractivity contribution in [3.63, 3.8) is 0 Å². The maximum Gasteiger partial charge on any atom is 0.226 e. The van der Waals surface area contributed by atoms with E-state index < -0.39 is 0 Å². The number of anilines is 1. The minimum absolute atomic E-state index is 0.788. The molecule has 0 aliphatic carbocycles. The van der Waals surface area contributed by atoms with Crippen LogP contribution in [0.25, 0.3) is 22.2 Å². The van der Waals surface area contributed by atoms with Crippen LogP contribution >= 0.6 is 0 Å². The van der Waals surface area contributed by atoms with Gasteiger partial charge in [-0.1, -0.05) is 36.4 Å². The van der Waals surface area contributed by atoms with Crippen LogP contribution in [0.5, 0.6) is 5.75 Å². The molecule has 0 unspecified atom stereocenters. The van der Waals surface area contributed by atoms with E-state index in [4.69, 9.17) is 14.7 Å². The molecule has 1 N–H and O–H groups in total. The van der Waals surface area contributed by atoms with Crippen molar-refractivity contribution in [3.8, 4) is 17.0 Å². The van der Waals surface area contributed by atoms with Gasteiger partial charge in [-0.2, -0.15) is 0 Å². The van der Waals surface area contributed by atoms with E-state index in [0.717, 1.165) is 60.0 Å². The minimum Gasteiger partial charge on any atom is -0.496 e. The molecule has 1 aromatic heterocycles. The topological polar surface area (TPSA) is 50.3 Å². The molecule has 5 nitrogen and oxygen atoms in total. The van der Waals surface area contributed by atoms with Gasteiger partial charge < -0.3 is 15.0 Å². The van der Waals surface area contributed by atoms with Gasteiger partial charge in [0.2, 0.25) is 5.95 Å². The van der Waals surface area contributed by atoms with Crippen LogP contribution in [0.4, 0.5) is 5.95 Å². The van der Waals surface area contributed by atoms with Crippen LogP contribution in [0.1, 0.15) is 0 Å². The van der Waals surface area contributed by atoms with Crippen LogP contribution in [-0.4, -0.2) is 43.3 Å². The highest BCUT2D eigenvalue weighted by atomic mass is 16.5. The first-order chi connectivity index (χ1) is 11.9. The molecule has 1 fully saturated rings. The number of methoxy groups -OCH3 is 1. The lowest BCUT2D eigenvalue weighted by atomic mass is 10.1. The maximum absolute atomic E-state index is 5.57. The second-order valence-corrected chi connectivity index (χ2v) is 5.83. The van der Waals surface area contributed by atoms with Crippen molar-refractivity contribution in [3.05, 3.63) is 48.5 Å². The predicted molar refractivity (Wildman–Crippen MR) is 96.6 cm³/mol. The zero-order chi connectivity index (χ0) is 16.4. The van der Waals surface area contributed by atoms with Gasteiger partial charge in [0.25, 0.3) is 0 Å². The Morgan fingerprint density at radius 3 is 2.50 bits per heavy atom. The smallest absolute Gasteiger partial charge is 0.226 e. The molecule has 4 rings (SSSR count). The van der Waals surface area contributed by atoms with Crippen molar-refractivity contribution < 1.29 is 4.74 Å². The van der Waals surface area contributed by atoms with Gasteiger partial charge in [0.05, 0.1) is 23.7 Å². The molecule has 3 aromatic rings. The van der Waals surface area contributed by atoms with Gasteiger partial charge >= 0.3 is 0 Å². The van der Waals surface area contributed by atoms with Gasteiger partial charge in [0.15, 0.2) is 0 Å². The number of piperazine rings is 1. The zero-order valence-corrected chi connectivity index (χ0v) is 13.7. The normalized spacial score (nSPS) is 14.8. The second-order valence-electron chi connectivity index (χ2n) is 5.83. The summed E-state index contributed by atoms with van der Waals surface area (Å²) >= 11 is 0. The molecule has 1 aliphatic rings. The van der Waals surface area contributed by atoms with Crippen LogP contribution < -0.4 is 15.0 Å². The summed E-state index contributed by atoms with van der Waals surface area (Å²) in [6.07, 6.45) is 0. The van der Waals surface area contributed by atoms with E-state index in [2.05, 4.69) is 22.3 Å². The molecule has 1 aliphatic heterocycles. The first-order valence-corrected chi connectivity index (χ1v) is 8.22. The number of ether oxygens (including phenoxy) is 1. The van der Waals surface area contributed by atoms with Gasteiger partial charge in [0.1, 0.15) is 5.75 Å². The molecule has 0 amide bonds. The van der Waals surface area contributed by atoms with Gasteiger partial charge in [-0.15, -0.1) is 0 Å². The number of nitrogens with one attached hydrogen (secondary N) is 1. The summed E-state index contributed by atoms with van der Waals surface area (Å²) in [5, 5.41) is 4.33. The third-order valence-electron chi connectivity index (χ3n) is 4.34. The van der Waals surface area contributed by atoms with Crippen molar-refractivity contribution in [1.29, 1.82) is 0 Å². The summed E-state index contributed by atoms with van der Waals surface area (Å²) in [5.74, 6) is 1.59. The Bertz CT molecular complexity index is 845. The first-order valence-electron chi connectivity index (χ1n) is 8.22. The van der Waals surface area contributed by atoms with Crippen molar-refractivity contribution >= 4 is 16.9 Å². The van der Waals surface area contributed by atoms with Gasteiger partial charge in [-0.05, 0) is 12.1 Å². The standard InChI is InChI=1S/C19H20N4O/c1-24-16-9-5-8-15-17(16)18(14-6-3-2-4-7-14)22-19(21-15)23-12-10-20-11-13-23/h2-9,20H,10-13H2,1H3. The first kappa shape index (κ1) is 14.9. The Hall–Kier alpha value is -2.66. The highest BCUT2D eigenvalue weighted by molar-refractivity contribution is 5.97. The van der Waals surface area contributed by atoms with Crippen LogP contribution in [0.3, 0.4) is 0 Å². The van der Waals surface area contributed by atoms with Crippen molar-refractivity contribution in [2.75, 3.05) is 38.2 Å². The summed E-state index contributed by atoms with van der Waals surface area (Å²) in [6, 6.07) is 16.2. The summed E-state index contributed by atoms with van der Waals surface area (Å²) in [7, 11) is 1.69. The number of hydrogen-bond donors (Lipinski definition) is 1. The largest absolute Gasteiger partial charge is 0.496 e. The molecule has 2 heterocycles. The van der Waals surface area contributed by atoms with E-state index in [0.29, 0.717) is 0 Å². The number of hydrogen-bond acceptors (Lipinski definition) is 5. The molecule has 2 aromatic carbocycles. The van der Waals surface area contributed by atoms with E-state index in [1.165, 1.54) is 0 Å². The van der Waals surface area contributed by atoms with Crippen LogP contribution in [0.15, 0.2) is 48.5 Å². The average Bonchev–Trinajstić information content (AvgIpc) is 2.68. The number of fused-ring (bicyclic) bond motifs is 1. The molecule has 0 radical (unpaired) electrons. The Morgan fingerprint density at radius 2 is 1.75 bits per heavy atom. The van der Waals surface area contributed by atoms with E-state index in [-0.39, 0.29) is 0 Å². The van der Waals surface area contributed by atoms with Crippen molar-refractivity contribution in [2.24, 2.45) is 0 Å². The predicted octanol–water partition coefficient (Wildman–Crippen LogP) is 2.72. The zero-order valence-electron chi connectivity index (χ0n) is 13.7. The second kappa shape index (κ2) is 6.45. The number of rotatable bonds is 3. The maximum atomic E-state index is 5.57. The van der Waals surface area contributed by atoms with E-state index in [1.54, 1.807) is 7.11 Å². The minimum atomic E-state index is 0.788. The Balaban J connectivity index is 1.95.